The van der Waals surface area contributed by atoms with Crippen molar-refractivity contribution < 1.29 is 30.0 Å². The van der Waals surface area contributed by atoms with Gasteiger partial charge in [-0.15, -0.1) is 0 Å². The fourth-order valence-electron chi connectivity index (χ4n) is 1.44. The SMILES string of the molecule is Cc1ccc(S(=O)(=O)Cl)c(C)c1NS(=O)(=O)C(F)(F)F. The van der Waals surface area contributed by atoms with Crippen molar-refractivity contribution in [3.8, 4) is 0 Å². The Bertz CT molecular complexity index is 741. The van der Waals surface area contributed by atoms with Crippen LogP contribution in [0.25, 0.3) is 0 Å². The molecule has 1 aromatic rings. The summed E-state index contributed by atoms with van der Waals surface area (Å²) in [5, 5.41) is 0. The number of hydrogen-bond donors (Lipinski definition) is 1. The van der Waals surface area contributed by atoms with Crippen molar-refractivity contribution >= 4 is 35.4 Å². The molecule has 0 aliphatic heterocycles. The summed E-state index contributed by atoms with van der Waals surface area (Å²) in [6.45, 7) is 2.47. The van der Waals surface area contributed by atoms with E-state index < -0.39 is 35.2 Å². The smallest absolute Gasteiger partial charge is 0.275 e. The summed E-state index contributed by atoms with van der Waals surface area (Å²) in [6, 6.07) is 2.23. The second-order valence-corrected chi connectivity index (χ2v) is 8.08. The summed E-state index contributed by atoms with van der Waals surface area (Å²) in [5.74, 6) is 0. The minimum atomic E-state index is -5.65. The van der Waals surface area contributed by atoms with E-state index in [1.807, 2.05) is 0 Å². The summed E-state index contributed by atoms with van der Waals surface area (Å²) in [7, 11) is -4.73. The van der Waals surface area contributed by atoms with Crippen molar-refractivity contribution in [2.45, 2.75) is 24.3 Å². The summed E-state index contributed by atoms with van der Waals surface area (Å²) >= 11 is 0. The molecule has 1 rings (SSSR count). The van der Waals surface area contributed by atoms with Gasteiger partial charge < -0.3 is 0 Å². The van der Waals surface area contributed by atoms with Gasteiger partial charge in [-0.25, -0.2) is 8.42 Å². The van der Waals surface area contributed by atoms with E-state index in [4.69, 9.17) is 10.7 Å². The van der Waals surface area contributed by atoms with Gasteiger partial charge in [0, 0.05) is 10.7 Å². The number of rotatable bonds is 3. The van der Waals surface area contributed by atoms with Crippen LogP contribution in [0.5, 0.6) is 0 Å². The van der Waals surface area contributed by atoms with E-state index in [2.05, 4.69) is 0 Å². The molecule has 0 fully saturated rings. The zero-order chi connectivity index (χ0) is 15.9. The van der Waals surface area contributed by atoms with Gasteiger partial charge in [-0.2, -0.15) is 21.6 Å². The molecule has 0 spiro atoms. The van der Waals surface area contributed by atoms with Crippen LogP contribution in [0.2, 0.25) is 0 Å². The first-order chi connectivity index (χ1) is 8.77. The zero-order valence-corrected chi connectivity index (χ0v) is 12.5. The average molecular weight is 352 g/mol. The molecule has 0 saturated heterocycles. The Morgan fingerprint density at radius 2 is 1.60 bits per heavy atom. The summed E-state index contributed by atoms with van der Waals surface area (Å²) in [6.07, 6.45) is 0. The number of aryl methyl sites for hydroxylation is 1. The minimum absolute atomic E-state index is 0.124. The van der Waals surface area contributed by atoms with Crippen molar-refractivity contribution in [2.75, 3.05) is 4.72 Å². The maximum atomic E-state index is 12.3. The van der Waals surface area contributed by atoms with Crippen LogP contribution in [-0.4, -0.2) is 22.3 Å². The third-order valence-electron chi connectivity index (χ3n) is 2.43. The molecule has 0 radical (unpaired) electrons. The Morgan fingerprint density at radius 1 is 1.10 bits per heavy atom. The average Bonchev–Trinajstić information content (AvgIpc) is 2.20. The van der Waals surface area contributed by atoms with Gasteiger partial charge in [0.25, 0.3) is 9.05 Å². The summed E-state index contributed by atoms with van der Waals surface area (Å²) in [5.41, 5.74) is -6.07. The van der Waals surface area contributed by atoms with Gasteiger partial charge in [-0.3, -0.25) is 4.72 Å². The molecule has 0 saturated carbocycles. The van der Waals surface area contributed by atoms with Gasteiger partial charge in [0.15, 0.2) is 0 Å². The van der Waals surface area contributed by atoms with E-state index in [-0.39, 0.29) is 11.1 Å². The van der Waals surface area contributed by atoms with E-state index in [1.54, 1.807) is 0 Å². The van der Waals surface area contributed by atoms with Crippen LogP contribution >= 0.6 is 10.7 Å². The number of halogens is 4. The topological polar surface area (TPSA) is 80.3 Å². The largest absolute Gasteiger partial charge is 0.516 e. The summed E-state index contributed by atoms with van der Waals surface area (Å²) < 4.78 is 82.9. The lowest BCUT2D eigenvalue weighted by Gasteiger charge is -2.16. The molecule has 0 unspecified atom stereocenters. The normalized spacial score (nSPS) is 13.3. The highest BCUT2D eigenvalue weighted by molar-refractivity contribution is 8.13. The Kier molecular flexibility index (Phi) is 4.33. The third kappa shape index (κ3) is 3.36. The van der Waals surface area contributed by atoms with E-state index in [0.29, 0.717) is 0 Å². The Balaban J connectivity index is 3.49. The molecule has 1 N–H and O–H groups in total. The molecule has 0 heterocycles. The Hall–Kier alpha value is -1.00. The van der Waals surface area contributed by atoms with E-state index >= 15 is 0 Å². The molecule has 5 nitrogen and oxygen atoms in total. The first kappa shape index (κ1) is 17.1. The predicted octanol–water partition coefficient (Wildman–Crippen LogP) is 2.49. The second kappa shape index (κ2) is 5.08. The maximum absolute atomic E-state index is 12.3. The lowest BCUT2D eigenvalue weighted by molar-refractivity contribution is -0.0429. The van der Waals surface area contributed by atoms with E-state index in [0.717, 1.165) is 19.1 Å². The van der Waals surface area contributed by atoms with Crippen molar-refractivity contribution in [1.82, 2.24) is 0 Å². The fraction of sp³-hybridized carbons (Fsp3) is 0.333. The van der Waals surface area contributed by atoms with Crippen molar-refractivity contribution in [2.24, 2.45) is 0 Å². The first-order valence-corrected chi connectivity index (χ1v) is 8.70. The highest BCUT2D eigenvalue weighted by Crippen LogP contribution is 2.32. The molecule has 20 heavy (non-hydrogen) atoms. The number of sulfonamides is 1. The minimum Gasteiger partial charge on any atom is -0.275 e. The van der Waals surface area contributed by atoms with Crippen LogP contribution in [-0.2, 0) is 19.1 Å². The van der Waals surface area contributed by atoms with Gasteiger partial charge >= 0.3 is 15.5 Å². The molecule has 0 atom stereocenters. The maximum Gasteiger partial charge on any atom is 0.516 e. The quantitative estimate of drug-likeness (QED) is 0.848. The monoisotopic (exact) mass is 351 g/mol. The lowest BCUT2D eigenvalue weighted by atomic mass is 10.1. The molecule has 114 valence electrons. The number of alkyl halides is 3. The lowest BCUT2D eigenvalue weighted by Crippen LogP contribution is -2.30. The highest BCUT2D eigenvalue weighted by atomic mass is 35.7. The number of anilines is 1. The molecule has 11 heteroatoms. The van der Waals surface area contributed by atoms with Crippen LogP contribution in [0.1, 0.15) is 11.1 Å². The van der Waals surface area contributed by atoms with Crippen molar-refractivity contribution in [1.29, 1.82) is 0 Å². The number of nitrogens with one attached hydrogen (secondary N) is 1. The molecule has 0 aliphatic carbocycles. The standard InChI is InChI=1S/C9H9ClF3NO4S2/c1-5-3-4-7(19(10,15)16)6(2)8(5)14-20(17,18)9(11,12)13/h3-4,14H,1-2H3. The number of hydrogen-bond acceptors (Lipinski definition) is 4. The summed E-state index contributed by atoms with van der Waals surface area (Å²) in [4.78, 5) is -0.468. The predicted molar refractivity (Wildman–Crippen MR) is 67.6 cm³/mol. The first-order valence-electron chi connectivity index (χ1n) is 4.91. The fourth-order valence-corrected chi connectivity index (χ4v) is 3.34. The van der Waals surface area contributed by atoms with Crippen LogP contribution < -0.4 is 4.72 Å². The molecule has 0 bridgehead atoms. The van der Waals surface area contributed by atoms with Gasteiger partial charge in [-0.1, -0.05) is 6.07 Å². The van der Waals surface area contributed by atoms with Crippen LogP contribution in [0.15, 0.2) is 17.0 Å². The molecule has 0 amide bonds. The molecule has 0 aromatic heterocycles. The van der Waals surface area contributed by atoms with Crippen molar-refractivity contribution in [3.63, 3.8) is 0 Å². The molecule has 0 aliphatic rings. The van der Waals surface area contributed by atoms with E-state index in [9.17, 15) is 30.0 Å². The Labute approximate surface area is 118 Å². The van der Waals surface area contributed by atoms with Gasteiger partial charge in [0.1, 0.15) is 0 Å². The molecule has 1 aromatic carbocycles. The third-order valence-corrected chi connectivity index (χ3v) is 4.98. The van der Waals surface area contributed by atoms with Crippen LogP contribution in [0.3, 0.4) is 0 Å². The molecular weight excluding hydrogens is 343 g/mol. The molecular formula is C9H9ClF3NO4S2. The Morgan fingerprint density at radius 3 is 2.00 bits per heavy atom. The van der Waals surface area contributed by atoms with Crippen molar-refractivity contribution in [3.05, 3.63) is 23.3 Å². The van der Waals surface area contributed by atoms with Crippen LogP contribution in [0.4, 0.5) is 18.9 Å². The van der Waals surface area contributed by atoms with Gasteiger partial charge in [-0.05, 0) is 31.0 Å². The van der Waals surface area contributed by atoms with Gasteiger partial charge in [0.05, 0.1) is 10.6 Å². The van der Waals surface area contributed by atoms with E-state index in [1.165, 1.54) is 11.6 Å². The highest BCUT2D eigenvalue weighted by Gasteiger charge is 2.46. The van der Waals surface area contributed by atoms with Crippen LogP contribution in [0, 0.1) is 13.8 Å². The number of benzene rings is 1. The van der Waals surface area contributed by atoms with Gasteiger partial charge in [0.2, 0.25) is 0 Å². The second-order valence-electron chi connectivity index (χ2n) is 3.87. The zero-order valence-electron chi connectivity index (χ0n) is 10.1.